The van der Waals surface area contributed by atoms with Gasteiger partial charge in [-0.1, -0.05) is 30.3 Å². The van der Waals surface area contributed by atoms with Crippen LogP contribution in [0.1, 0.15) is 45.6 Å². The van der Waals surface area contributed by atoms with E-state index in [2.05, 4.69) is 0 Å². The van der Waals surface area contributed by atoms with Gasteiger partial charge in [0.1, 0.15) is 10.3 Å². The standard InChI is InChI=1S/C18H27NO6S/c1-17(2,3)25-16(21)19-26(22,23)18(10-11-18)15(20)9-12-24-13-14-7-5-4-6-8-14/h4-8,15,20H,9-13H2,1-3H3,(H,19,21). The van der Waals surface area contributed by atoms with E-state index in [1.807, 2.05) is 35.1 Å². The zero-order valence-electron chi connectivity index (χ0n) is 15.4. The molecule has 1 aromatic rings. The number of hydrogen-bond donors (Lipinski definition) is 2. The Morgan fingerprint density at radius 2 is 1.88 bits per heavy atom. The smallest absolute Gasteiger partial charge is 0.421 e. The van der Waals surface area contributed by atoms with Crippen LogP contribution in [0.15, 0.2) is 30.3 Å². The van der Waals surface area contributed by atoms with E-state index in [9.17, 15) is 18.3 Å². The number of carbonyl (C=O) groups excluding carboxylic acids is 1. The molecule has 2 N–H and O–H groups in total. The molecule has 1 aliphatic rings. The molecule has 2 rings (SSSR count). The third-order valence-electron chi connectivity index (χ3n) is 4.15. The molecule has 146 valence electrons. The van der Waals surface area contributed by atoms with Crippen LogP contribution in [0, 0.1) is 0 Å². The van der Waals surface area contributed by atoms with Gasteiger partial charge in [-0.2, -0.15) is 0 Å². The number of benzene rings is 1. The number of amides is 1. The van der Waals surface area contributed by atoms with Gasteiger partial charge in [-0.3, -0.25) is 0 Å². The highest BCUT2D eigenvalue weighted by atomic mass is 32.2. The van der Waals surface area contributed by atoms with E-state index in [0.29, 0.717) is 19.4 Å². The molecule has 0 saturated heterocycles. The van der Waals surface area contributed by atoms with Gasteiger partial charge in [0, 0.05) is 6.61 Å². The molecule has 7 nitrogen and oxygen atoms in total. The molecule has 0 aliphatic heterocycles. The topological polar surface area (TPSA) is 102 Å². The van der Waals surface area contributed by atoms with Crippen LogP contribution in [0.3, 0.4) is 0 Å². The first kappa shape index (κ1) is 20.7. The number of rotatable bonds is 8. The lowest BCUT2D eigenvalue weighted by atomic mass is 10.1. The van der Waals surface area contributed by atoms with Crippen molar-refractivity contribution in [1.29, 1.82) is 0 Å². The maximum atomic E-state index is 12.5. The highest BCUT2D eigenvalue weighted by Gasteiger charge is 2.60. The molecule has 8 heteroatoms. The molecule has 1 aliphatic carbocycles. The number of carbonyl (C=O) groups is 1. The molecule has 1 unspecified atom stereocenters. The van der Waals surface area contributed by atoms with Gasteiger partial charge in [-0.15, -0.1) is 0 Å². The summed E-state index contributed by atoms with van der Waals surface area (Å²) >= 11 is 0. The normalized spacial score (nSPS) is 17.4. The molecule has 0 aromatic heterocycles. The van der Waals surface area contributed by atoms with Crippen LogP contribution in [0.5, 0.6) is 0 Å². The summed E-state index contributed by atoms with van der Waals surface area (Å²) in [4.78, 5) is 11.8. The Labute approximate surface area is 154 Å². The van der Waals surface area contributed by atoms with Crippen molar-refractivity contribution in [2.45, 2.75) is 63.1 Å². The Morgan fingerprint density at radius 3 is 2.42 bits per heavy atom. The van der Waals surface area contributed by atoms with Gasteiger partial charge >= 0.3 is 6.09 Å². The third kappa shape index (κ3) is 5.43. The van der Waals surface area contributed by atoms with E-state index in [4.69, 9.17) is 9.47 Å². The number of nitrogens with one attached hydrogen (secondary N) is 1. The number of hydrogen-bond acceptors (Lipinski definition) is 6. The van der Waals surface area contributed by atoms with Crippen molar-refractivity contribution in [2.24, 2.45) is 0 Å². The first-order valence-electron chi connectivity index (χ1n) is 8.61. The number of sulfonamides is 1. The van der Waals surface area contributed by atoms with Gasteiger partial charge in [0.05, 0.1) is 12.7 Å². The maximum Gasteiger partial charge on any atom is 0.421 e. The van der Waals surface area contributed by atoms with Crippen LogP contribution in [-0.4, -0.2) is 42.7 Å². The Bertz CT molecular complexity index is 707. The van der Waals surface area contributed by atoms with Crippen LogP contribution in [0.25, 0.3) is 0 Å². The molecule has 1 fully saturated rings. The van der Waals surface area contributed by atoms with Crippen molar-refractivity contribution < 1.29 is 27.8 Å². The quantitative estimate of drug-likeness (QED) is 0.666. The monoisotopic (exact) mass is 385 g/mol. The first-order chi connectivity index (χ1) is 12.1. The van der Waals surface area contributed by atoms with Crippen LogP contribution < -0.4 is 4.72 Å². The van der Waals surface area contributed by atoms with Crippen LogP contribution >= 0.6 is 0 Å². The van der Waals surface area contributed by atoms with E-state index < -0.39 is 32.6 Å². The van der Waals surface area contributed by atoms with Crippen molar-refractivity contribution in [3.63, 3.8) is 0 Å². The number of aliphatic hydroxyl groups is 1. The van der Waals surface area contributed by atoms with Crippen molar-refractivity contribution in [3.8, 4) is 0 Å². The van der Waals surface area contributed by atoms with Gasteiger partial charge in [0.2, 0.25) is 10.0 Å². The lowest BCUT2D eigenvalue weighted by molar-refractivity contribution is 0.0563. The summed E-state index contributed by atoms with van der Waals surface area (Å²) in [5.41, 5.74) is 0.197. The second-order valence-electron chi connectivity index (χ2n) is 7.51. The zero-order chi connectivity index (χ0) is 19.4. The Morgan fingerprint density at radius 1 is 1.27 bits per heavy atom. The minimum atomic E-state index is -4.04. The molecule has 1 amide bonds. The average Bonchev–Trinajstić information content (AvgIpc) is 3.32. The first-order valence-corrected chi connectivity index (χ1v) is 10.1. The predicted octanol–water partition coefficient (Wildman–Crippen LogP) is 2.34. The summed E-state index contributed by atoms with van der Waals surface area (Å²) < 4.78 is 36.1. The van der Waals surface area contributed by atoms with Gasteiger partial charge < -0.3 is 14.6 Å². The minimum absolute atomic E-state index is 0.169. The lowest BCUT2D eigenvalue weighted by Crippen LogP contribution is -2.47. The summed E-state index contributed by atoms with van der Waals surface area (Å²) in [6, 6.07) is 9.57. The second-order valence-corrected chi connectivity index (χ2v) is 9.54. The van der Waals surface area contributed by atoms with E-state index in [0.717, 1.165) is 5.56 Å². The number of aliphatic hydroxyl groups excluding tert-OH is 1. The molecule has 26 heavy (non-hydrogen) atoms. The van der Waals surface area contributed by atoms with Gasteiger partial charge in [0.15, 0.2) is 0 Å². The highest BCUT2D eigenvalue weighted by Crippen LogP contribution is 2.47. The fourth-order valence-corrected chi connectivity index (χ4v) is 4.22. The molecule has 0 heterocycles. The van der Waals surface area contributed by atoms with Gasteiger partial charge in [0.25, 0.3) is 0 Å². The van der Waals surface area contributed by atoms with E-state index in [-0.39, 0.29) is 13.0 Å². The lowest BCUT2D eigenvalue weighted by Gasteiger charge is -2.24. The Hall–Kier alpha value is -1.64. The summed E-state index contributed by atoms with van der Waals surface area (Å²) in [5.74, 6) is 0. The summed E-state index contributed by atoms with van der Waals surface area (Å²) in [6.45, 7) is 5.55. The van der Waals surface area contributed by atoms with Crippen LogP contribution in [0.2, 0.25) is 0 Å². The zero-order valence-corrected chi connectivity index (χ0v) is 16.2. The molecular formula is C18H27NO6S. The third-order valence-corrected chi connectivity index (χ3v) is 6.34. The Balaban J connectivity index is 1.85. The molecule has 1 aromatic carbocycles. The van der Waals surface area contributed by atoms with E-state index in [1.165, 1.54) is 0 Å². The fourth-order valence-electron chi connectivity index (χ4n) is 2.64. The van der Waals surface area contributed by atoms with Crippen molar-refractivity contribution in [2.75, 3.05) is 6.61 Å². The van der Waals surface area contributed by atoms with Gasteiger partial charge in [-0.05, 0) is 45.6 Å². The predicted molar refractivity (Wildman–Crippen MR) is 97.0 cm³/mol. The number of ether oxygens (including phenoxy) is 2. The summed E-state index contributed by atoms with van der Waals surface area (Å²) in [7, 11) is -4.04. The molecule has 0 radical (unpaired) electrons. The average molecular weight is 385 g/mol. The van der Waals surface area contributed by atoms with Crippen LogP contribution in [0.4, 0.5) is 4.79 Å². The highest BCUT2D eigenvalue weighted by molar-refractivity contribution is 7.91. The van der Waals surface area contributed by atoms with Gasteiger partial charge in [-0.25, -0.2) is 17.9 Å². The summed E-state index contributed by atoms with van der Waals surface area (Å²) in [5, 5.41) is 10.4. The SMILES string of the molecule is CC(C)(C)OC(=O)NS(=O)(=O)C1(C(O)CCOCc2ccccc2)CC1. The largest absolute Gasteiger partial charge is 0.443 e. The summed E-state index contributed by atoms with van der Waals surface area (Å²) in [6.07, 6.45) is -1.38. The van der Waals surface area contributed by atoms with Crippen molar-refractivity contribution in [1.82, 2.24) is 4.72 Å². The maximum absolute atomic E-state index is 12.5. The van der Waals surface area contributed by atoms with E-state index in [1.54, 1.807) is 20.8 Å². The van der Waals surface area contributed by atoms with Crippen LogP contribution in [-0.2, 0) is 26.1 Å². The van der Waals surface area contributed by atoms with Crippen molar-refractivity contribution >= 4 is 16.1 Å². The van der Waals surface area contributed by atoms with Crippen molar-refractivity contribution in [3.05, 3.63) is 35.9 Å². The fraction of sp³-hybridized carbons (Fsp3) is 0.611. The molecular weight excluding hydrogens is 358 g/mol. The Kier molecular flexibility index (Phi) is 6.31. The molecule has 0 spiro atoms. The molecule has 1 saturated carbocycles. The minimum Gasteiger partial charge on any atom is -0.443 e. The molecule has 0 bridgehead atoms. The molecule has 1 atom stereocenters. The second kappa shape index (κ2) is 7.94. The van der Waals surface area contributed by atoms with E-state index >= 15 is 0 Å².